The number of rotatable bonds is 1. The molecule has 0 saturated carbocycles. The van der Waals surface area contributed by atoms with Crippen LogP contribution in [0, 0.1) is 0 Å². The highest BCUT2D eigenvalue weighted by Gasteiger charge is 2.12. The zero-order valence-electron chi connectivity index (χ0n) is 10.7. The van der Waals surface area contributed by atoms with E-state index in [9.17, 15) is 4.79 Å². The van der Waals surface area contributed by atoms with E-state index in [1.165, 1.54) is 0 Å². The van der Waals surface area contributed by atoms with Crippen molar-refractivity contribution in [1.29, 1.82) is 0 Å². The Hall–Kier alpha value is -2.08. The molecule has 1 aromatic heterocycles. The fraction of sp³-hybridized carbons (Fsp3) is 0.385. The van der Waals surface area contributed by atoms with Gasteiger partial charge in [0.1, 0.15) is 0 Å². The molecule has 102 valence electrons. The number of nitrogens with one attached hydrogen (secondary N) is 3. The molecule has 1 aliphatic rings. The lowest BCUT2D eigenvalue weighted by atomic mass is 10.1. The highest BCUT2D eigenvalue weighted by atomic mass is 16.2. The second kappa shape index (κ2) is 6.75. The maximum absolute atomic E-state index is 10.4. The van der Waals surface area contributed by atoms with Crippen molar-refractivity contribution in [1.82, 2.24) is 20.8 Å². The van der Waals surface area contributed by atoms with Gasteiger partial charge in [0.15, 0.2) is 0 Å². The molecule has 1 fully saturated rings. The minimum absolute atomic E-state index is 0.242. The van der Waals surface area contributed by atoms with E-state index in [-0.39, 0.29) is 6.04 Å². The first kappa shape index (κ1) is 13.4. The number of hydrogen-bond donors (Lipinski definition) is 4. The minimum Gasteiger partial charge on any atom is -0.352 e. The van der Waals surface area contributed by atoms with Gasteiger partial charge in [-0.25, -0.2) is 4.79 Å². The molecule has 1 aromatic carbocycles. The van der Waals surface area contributed by atoms with Crippen LogP contribution in [-0.2, 0) is 0 Å². The van der Waals surface area contributed by atoms with Crippen LogP contribution in [0.25, 0.3) is 10.9 Å². The smallest absolute Gasteiger partial charge is 0.312 e. The lowest BCUT2D eigenvalue weighted by Gasteiger charge is -2.22. The van der Waals surface area contributed by atoms with Crippen molar-refractivity contribution >= 4 is 16.9 Å². The third-order valence-electron chi connectivity index (χ3n) is 2.99. The number of H-pyrrole nitrogens is 1. The summed E-state index contributed by atoms with van der Waals surface area (Å²) >= 11 is 0. The fourth-order valence-corrected chi connectivity index (χ4v) is 2.06. The monoisotopic (exact) mass is 261 g/mol. The molecule has 1 saturated heterocycles. The molecule has 2 aromatic rings. The number of primary amides is 1. The second-order valence-corrected chi connectivity index (χ2v) is 4.51. The summed E-state index contributed by atoms with van der Waals surface area (Å²) in [6.07, 6.45) is 3.97. The van der Waals surface area contributed by atoms with Gasteiger partial charge in [0, 0.05) is 18.0 Å². The molecule has 2 heterocycles. The summed E-state index contributed by atoms with van der Waals surface area (Å²) in [5.41, 5.74) is 6.04. The number of nitrogens with zero attached hydrogens (tertiary/aromatic N) is 1. The Bertz CT molecular complexity index is 488. The zero-order chi connectivity index (χ0) is 13.5. The number of piperidine rings is 1. The number of hydrogen-bond acceptors (Lipinski definition) is 3. The Balaban J connectivity index is 0.000000141. The van der Waals surface area contributed by atoms with Crippen molar-refractivity contribution in [2.45, 2.75) is 18.9 Å². The molecule has 0 bridgehead atoms. The van der Waals surface area contributed by atoms with Crippen molar-refractivity contribution in [2.75, 3.05) is 13.1 Å². The minimum atomic E-state index is -0.422. The Kier molecular flexibility index (Phi) is 4.74. The van der Waals surface area contributed by atoms with Gasteiger partial charge >= 0.3 is 6.03 Å². The number of benzene rings is 1. The molecule has 5 N–H and O–H groups in total. The van der Waals surface area contributed by atoms with Crippen molar-refractivity contribution in [2.24, 2.45) is 5.73 Å². The number of amides is 2. The molecule has 19 heavy (non-hydrogen) atoms. The lowest BCUT2D eigenvalue weighted by Crippen LogP contribution is -2.47. The molecule has 2 amide bonds. The number of urea groups is 1. The standard InChI is InChI=1S/C7H6N2.C6H13N3O/c1-2-4-7-6(3-1)5-8-9-7;7-6(10)9-5-2-1-3-8-4-5/h1-5H,(H,8,9);5,8H,1-4H2,(H3,7,9,10). The van der Waals surface area contributed by atoms with Crippen LogP contribution < -0.4 is 16.4 Å². The molecular formula is C13H19N5O. The summed E-state index contributed by atoms with van der Waals surface area (Å²) < 4.78 is 0. The normalized spacial score (nSPS) is 18.4. The quantitative estimate of drug-likeness (QED) is 0.616. The van der Waals surface area contributed by atoms with Crippen molar-refractivity contribution in [3.8, 4) is 0 Å². The van der Waals surface area contributed by atoms with E-state index in [1.807, 2.05) is 30.5 Å². The maximum Gasteiger partial charge on any atom is 0.312 e. The van der Waals surface area contributed by atoms with Crippen molar-refractivity contribution < 1.29 is 4.79 Å². The first-order chi connectivity index (χ1) is 9.25. The summed E-state index contributed by atoms with van der Waals surface area (Å²) in [6, 6.07) is 7.83. The van der Waals surface area contributed by atoms with Crippen LogP contribution in [0.4, 0.5) is 4.79 Å². The van der Waals surface area contributed by atoms with E-state index >= 15 is 0 Å². The highest BCUT2D eigenvalue weighted by Crippen LogP contribution is 2.07. The molecular weight excluding hydrogens is 242 g/mol. The predicted molar refractivity (Wildman–Crippen MR) is 74.7 cm³/mol. The summed E-state index contributed by atoms with van der Waals surface area (Å²) in [5.74, 6) is 0. The fourth-order valence-electron chi connectivity index (χ4n) is 2.06. The van der Waals surface area contributed by atoms with Crippen LogP contribution in [0.3, 0.4) is 0 Å². The highest BCUT2D eigenvalue weighted by molar-refractivity contribution is 5.77. The Morgan fingerprint density at radius 1 is 1.42 bits per heavy atom. The molecule has 0 spiro atoms. The van der Waals surface area contributed by atoms with Gasteiger partial charge in [0.2, 0.25) is 0 Å². The van der Waals surface area contributed by atoms with Gasteiger partial charge in [0.05, 0.1) is 11.7 Å². The van der Waals surface area contributed by atoms with E-state index in [0.717, 1.165) is 36.8 Å². The largest absolute Gasteiger partial charge is 0.352 e. The van der Waals surface area contributed by atoms with E-state index in [4.69, 9.17) is 5.73 Å². The van der Waals surface area contributed by atoms with Crippen LogP contribution in [0.1, 0.15) is 12.8 Å². The van der Waals surface area contributed by atoms with Crippen LogP contribution in [0.5, 0.6) is 0 Å². The summed E-state index contributed by atoms with van der Waals surface area (Å²) in [7, 11) is 0. The molecule has 6 heteroatoms. The zero-order valence-corrected chi connectivity index (χ0v) is 10.7. The van der Waals surface area contributed by atoms with Gasteiger partial charge < -0.3 is 16.4 Å². The first-order valence-electron chi connectivity index (χ1n) is 6.40. The lowest BCUT2D eigenvalue weighted by molar-refractivity contribution is 0.242. The van der Waals surface area contributed by atoms with Gasteiger partial charge in [-0.05, 0) is 25.5 Å². The number of carbonyl (C=O) groups excluding carboxylic acids is 1. The summed E-state index contributed by atoms with van der Waals surface area (Å²) in [4.78, 5) is 10.4. The average Bonchev–Trinajstić information content (AvgIpc) is 2.88. The number of carbonyl (C=O) groups is 1. The third-order valence-corrected chi connectivity index (χ3v) is 2.99. The van der Waals surface area contributed by atoms with E-state index < -0.39 is 6.03 Å². The van der Waals surface area contributed by atoms with Gasteiger partial charge in [-0.2, -0.15) is 5.10 Å². The molecule has 1 atom stereocenters. The van der Waals surface area contributed by atoms with E-state index in [2.05, 4.69) is 20.8 Å². The summed E-state index contributed by atoms with van der Waals surface area (Å²) in [6.45, 7) is 1.90. The van der Waals surface area contributed by atoms with Crippen LogP contribution in [0.2, 0.25) is 0 Å². The number of fused-ring (bicyclic) bond motifs is 1. The predicted octanol–water partition coefficient (Wildman–Crippen LogP) is 0.970. The molecule has 6 nitrogen and oxygen atoms in total. The summed E-state index contributed by atoms with van der Waals surface area (Å²) in [5, 5.41) is 13.7. The second-order valence-electron chi connectivity index (χ2n) is 4.51. The maximum atomic E-state index is 10.4. The van der Waals surface area contributed by atoms with E-state index in [1.54, 1.807) is 0 Å². The molecule has 1 unspecified atom stereocenters. The first-order valence-corrected chi connectivity index (χ1v) is 6.40. The van der Waals surface area contributed by atoms with E-state index in [0.29, 0.717) is 0 Å². The Labute approximate surface area is 111 Å². The van der Waals surface area contributed by atoms with Crippen LogP contribution in [0.15, 0.2) is 30.5 Å². The van der Waals surface area contributed by atoms with Crippen molar-refractivity contribution in [3.05, 3.63) is 30.5 Å². The number of para-hydroxylation sites is 1. The number of nitrogens with two attached hydrogens (primary N) is 1. The number of aromatic amines is 1. The van der Waals surface area contributed by atoms with Gasteiger partial charge in [-0.3, -0.25) is 5.10 Å². The van der Waals surface area contributed by atoms with Crippen LogP contribution in [-0.4, -0.2) is 35.4 Å². The van der Waals surface area contributed by atoms with Crippen LogP contribution >= 0.6 is 0 Å². The molecule has 0 aliphatic carbocycles. The molecule has 1 aliphatic heterocycles. The number of aromatic nitrogens is 2. The van der Waals surface area contributed by atoms with Gasteiger partial charge in [0.25, 0.3) is 0 Å². The Morgan fingerprint density at radius 3 is 2.95 bits per heavy atom. The van der Waals surface area contributed by atoms with Crippen molar-refractivity contribution in [3.63, 3.8) is 0 Å². The average molecular weight is 261 g/mol. The SMILES string of the molecule is NC(=O)NC1CCCNC1.c1ccc2[nH]ncc2c1. The topological polar surface area (TPSA) is 95.8 Å². The Morgan fingerprint density at radius 2 is 2.26 bits per heavy atom. The molecule has 0 radical (unpaired) electrons. The third kappa shape index (κ3) is 4.26. The molecule has 3 rings (SSSR count). The van der Waals surface area contributed by atoms with Gasteiger partial charge in [-0.1, -0.05) is 18.2 Å². The van der Waals surface area contributed by atoms with Gasteiger partial charge in [-0.15, -0.1) is 0 Å².